The summed E-state index contributed by atoms with van der Waals surface area (Å²) in [4.78, 5) is 14.1. The van der Waals surface area contributed by atoms with Crippen LogP contribution in [0.4, 0.5) is 13.2 Å². The van der Waals surface area contributed by atoms with Crippen molar-refractivity contribution in [3.05, 3.63) is 58.6 Å². The Labute approximate surface area is 188 Å². The van der Waals surface area contributed by atoms with Crippen molar-refractivity contribution in [2.24, 2.45) is 5.92 Å². The Bertz CT molecular complexity index is 1130. The fraction of sp³-hybridized carbons (Fsp3) is 0.381. The third-order valence-corrected chi connectivity index (χ3v) is 7.76. The Kier molecular flexibility index (Phi) is 6.12. The maximum Gasteiger partial charge on any atom is 0.416 e. The average Bonchev–Trinajstić information content (AvgIpc) is 2.77. The van der Waals surface area contributed by atoms with Crippen LogP contribution >= 0.6 is 11.6 Å². The Morgan fingerprint density at radius 3 is 2.47 bits per heavy atom. The molecule has 0 bridgehead atoms. The first-order chi connectivity index (χ1) is 15.1. The number of nitrogens with zero attached hydrogens (tertiary/aromatic N) is 2. The molecule has 0 spiro atoms. The average molecular weight is 489 g/mol. The molecule has 1 atom stereocenters. The molecule has 11 heteroatoms. The summed E-state index contributed by atoms with van der Waals surface area (Å²) in [5, 5.41) is 0.550. The number of benzene rings is 2. The molecular formula is C21H20ClF3N2O4S. The summed E-state index contributed by atoms with van der Waals surface area (Å²) in [6, 6.07) is 8.91. The van der Waals surface area contributed by atoms with Crippen molar-refractivity contribution in [1.82, 2.24) is 9.21 Å². The lowest BCUT2D eigenvalue weighted by atomic mass is 9.95. The minimum absolute atomic E-state index is 0.000309. The number of piperazine rings is 1. The van der Waals surface area contributed by atoms with Gasteiger partial charge in [-0.3, -0.25) is 4.79 Å². The van der Waals surface area contributed by atoms with Gasteiger partial charge in [-0.15, -0.1) is 0 Å². The minimum Gasteiger partial charge on any atom is -0.492 e. The zero-order valence-electron chi connectivity index (χ0n) is 16.8. The summed E-state index contributed by atoms with van der Waals surface area (Å²) in [6.45, 7) is 0.517. The lowest BCUT2D eigenvalue weighted by Gasteiger charge is -2.36. The van der Waals surface area contributed by atoms with Crippen LogP contribution in [-0.4, -0.2) is 56.3 Å². The molecule has 172 valence electrons. The van der Waals surface area contributed by atoms with Gasteiger partial charge >= 0.3 is 6.18 Å². The van der Waals surface area contributed by atoms with Crippen molar-refractivity contribution in [3.8, 4) is 5.75 Å². The SMILES string of the molecule is O=C([C@@H]1COc2ccc(Cl)cc2C1)N1CCN(S(=O)(=O)c2cccc(C(F)(F)F)c2)CC1. The van der Waals surface area contributed by atoms with E-state index >= 15 is 0 Å². The van der Waals surface area contributed by atoms with E-state index in [9.17, 15) is 26.4 Å². The van der Waals surface area contributed by atoms with Crippen LogP contribution < -0.4 is 4.74 Å². The first kappa shape index (κ1) is 22.9. The molecule has 0 N–H and O–H groups in total. The van der Waals surface area contributed by atoms with Crippen LogP contribution in [0.5, 0.6) is 5.75 Å². The highest BCUT2D eigenvalue weighted by atomic mass is 35.5. The molecule has 4 rings (SSSR count). The normalized spacial score (nSPS) is 19.9. The highest BCUT2D eigenvalue weighted by Crippen LogP contribution is 2.32. The van der Waals surface area contributed by atoms with E-state index in [0.29, 0.717) is 23.3 Å². The molecule has 2 aromatic carbocycles. The smallest absolute Gasteiger partial charge is 0.416 e. The number of amides is 1. The molecule has 1 fully saturated rings. The molecular weight excluding hydrogens is 469 g/mol. The van der Waals surface area contributed by atoms with Gasteiger partial charge in [0.25, 0.3) is 0 Å². The Morgan fingerprint density at radius 2 is 1.78 bits per heavy atom. The van der Waals surface area contributed by atoms with Crippen molar-refractivity contribution < 1.29 is 31.1 Å². The van der Waals surface area contributed by atoms with Gasteiger partial charge < -0.3 is 9.64 Å². The molecule has 32 heavy (non-hydrogen) atoms. The van der Waals surface area contributed by atoms with Gasteiger partial charge in [-0.1, -0.05) is 17.7 Å². The van der Waals surface area contributed by atoms with Crippen LogP contribution in [0, 0.1) is 5.92 Å². The third-order valence-electron chi connectivity index (χ3n) is 5.63. The molecule has 1 saturated heterocycles. The van der Waals surface area contributed by atoms with E-state index < -0.39 is 32.6 Å². The van der Waals surface area contributed by atoms with Crippen molar-refractivity contribution in [2.75, 3.05) is 32.8 Å². The van der Waals surface area contributed by atoms with E-state index in [-0.39, 0.29) is 38.7 Å². The number of halogens is 4. The first-order valence-corrected chi connectivity index (χ1v) is 11.7. The summed E-state index contributed by atoms with van der Waals surface area (Å²) >= 11 is 6.02. The maximum absolute atomic E-state index is 13.0. The molecule has 0 aliphatic carbocycles. The zero-order chi connectivity index (χ0) is 23.1. The van der Waals surface area contributed by atoms with E-state index in [4.69, 9.17) is 16.3 Å². The van der Waals surface area contributed by atoms with Gasteiger partial charge in [-0.05, 0) is 48.4 Å². The van der Waals surface area contributed by atoms with Crippen molar-refractivity contribution >= 4 is 27.5 Å². The fourth-order valence-corrected chi connectivity index (χ4v) is 5.57. The second-order valence-corrected chi connectivity index (χ2v) is 10.1. The standard InChI is InChI=1S/C21H20ClF3N2O4S/c22-17-4-5-19-14(11-17)10-15(13-31-19)20(28)26-6-8-27(9-7-26)32(29,30)18-3-1-2-16(12-18)21(23,24)25/h1-5,11-12,15H,6-10,13H2/t15-/m0/s1. The van der Waals surface area contributed by atoms with E-state index in [0.717, 1.165) is 28.1 Å². The van der Waals surface area contributed by atoms with Crippen molar-refractivity contribution in [1.29, 1.82) is 0 Å². The van der Waals surface area contributed by atoms with Crippen LogP contribution in [0.25, 0.3) is 0 Å². The monoisotopic (exact) mass is 488 g/mol. The lowest BCUT2D eigenvalue weighted by Crippen LogP contribution is -2.52. The highest BCUT2D eigenvalue weighted by Gasteiger charge is 2.36. The van der Waals surface area contributed by atoms with Gasteiger partial charge in [0.1, 0.15) is 12.4 Å². The molecule has 0 radical (unpaired) electrons. The topological polar surface area (TPSA) is 66.9 Å². The molecule has 1 amide bonds. The molecule has 0 aromatic heterocycles. The number of fused-ring (bicyclic) bond motifs is 1. The summed E-state index contributed by atoms with van der Waals surface area (Å²) in [5.74, 6) is 0.134. The zero-order valence-corrected chi connectivity index (χ0v) is 18.4. The van der Waals surface area contributed by atoms with E-state index in [1.165, 1.54) is 0 Å². The number of carbonyl (C=O) groups excluding carboxylic acids is 1. The molecule has 0 unspecified atom stereocenters. The van der Waals surface area contributed by atoms with Crippen LogP contribution in [0.1, 0.15) is 11.1 Å². The summed E-state index contributed by atoms with van der Waals surface area (Å²) < 4.78 is 71.3. The van der Waals surface area contributed by atoms with Gasteiger partial charge in [0.15, 0.2) is 0 Å². The minimum atomic E-state index is -4.64. The summed E-state index contributed by atoms with van der Waals surface area (Å²) in [5.41, 5.74) is -0.182. The Morgan fingerprint density at radius 1 is 1.06 bits per heavy atom. The molecule has 2 aliphatic heterocycles. The number of carbonyl (C=O) groups is 1. The lowest BCUT2D eigenvalue weighted by molar-refractivity contribution is -0.138. The van der Waals surface area contributed by atoms with Crippen molar-refractivity contribution in [3.63, 3.8) is 0 Å². The van der Waals surface area contributed by atoms with E-state index in [2.05, 4.69) is 0 Å². The van der Waals surface area contributed by atoms with Gasteiger partial charge in [-0.25, -0.2) is 8.42 Å². The Balaban J connectivity index is 1.41. The third kappa shape index (κ3) is 4.57. The van der Waals surface area contributed by atoms with Gasteiger partial charge in [0.2, 0.25) is 15.9 Å². The Hall–Kier alpha value is -2.30. The second-order valence-electron chi connectivity index (χ2n) is 7.72. The highest BCUT2D eigenvalue weighted by molar-refractivity contribution is 7.89. The largest absolute Gasteiger partial charge is 0.492 e. The fourth-order valence-electron chi connectivity index (χ4n) is 3.91. The molecule has 2 aliphatic rings. The maximum atomic E-state index is 13.0. The first-order valence-electron chi connectivity index (χ1n) is 9.93. The van der Waals surface area contributed by atoms with Crippen LogP contribution in [-0.2, 0) is 27.4 Å². The number of ether oxygens (including phenoxy) is 1. The number of hydrogen-bond acceptors (Lipinski definition) is 4. The molecule has 2 aromatic rings. The number of rotatable bonds is 3. The predicted octanol–water partition coefficient (Wildman–Crippen LogP) is 3.44. The summed E-state index contributed by atoms with van der Waals surface area (Å²) in [6.07, 6.45) is -4.17. The van der Waals surface area contributed by atoms with E-state index in [1.54, 1.807) is 23.1 Å². The van der Waals surface area contributed by atoms with Crippen molar-refractivity contribution in [2.45, 2.75) is 17.5 Å². The summed E-state index contributed by atoms with van der Waals surface area (Å²) in [7, 11) is -4.11. The predicted molar refractivity (Wildman–Crippen MR) is 111 cm³/mol. The van der Waals surface area contributed by atoms with Crippen LogP contribution in [0.2, 0.25) is 5.02 Å². The second kappa shape index (κ2) is 8.57. The van der Waals surface area contributed by atoms with Crippen LogP contribution in [0.15, 0.2) is 47.4 Å². The van der Waals surface area contributed by atoms with Crippen LogP contribution in [0.3, 0.4) is 0 Å². The van der Waals surface area contributed by atoms with E-state index in [1.807, 2.05) is 0 Å². The van der Waals surface area contributed by atoms with Gasteiger partial charge in [0.05, 0.1) is 16.4 Å². The number of sulfonamides is 1. The number of hydrogen-bond donors (Lipinski definition) is 0. The molecule has 6 nitrogen and oxygen atoms in total. The molecule has 0 saturated carbocycles. The quantitative estimate of drug-likeness (QED) is 0.664. The van der Waals surface area contributed by atoms with Gasteiger partial charge in [-0.2, -0.15) is 17.5 Å². The van der Waals surface area contributed by atoms with Gasteiger partial charge in [0, 0.05) is 31.2 Å². The number of alkyl halides is 3. The molecule has 2 heterocycles.